The smallest absolute Gasteiger partial charge is 0.336 e. The topological polar surface area (TPSA) is 83.1 Å². The van der Waals surface area contributed by atoms with Gasteiger partial charge >= 0.3 is 5.97 Å². The number of esters is 1. The van der Waals surface area contributed by atoms with E-state index in [2.05, 4.69) is 19.2 Å². The Morgan fingerprint density at radius 2 is 1.65 bits per heavy atom. The van der Waals surface area contributed by atoms with Crippen molar-refractivity contribution in [3.8, 4) is 17.2 Å². The number of ether oxygens (including phenoxy) is 4. The molecule has 7 nitrogen and oxygen atoms in total. The first kappa shape index (κ1) is 26.3. The predicted molar refractivity (Wildman–Crippen MR) is 141 cm³/mol. The second-order valence-electron chi connectivity index (χ2n) is 10.3. The molecule has 2 aromatic rings. The van der Waals surface area contributed by atoms with Crippen LogP contribution >= 0.6 is 0 Å². The SMILES string of the molecule is COc1cc([C@@H]2C(C(=O)OCCc3ccccc3)=C(C)NC3=C2C(=O)CC(C)(C)C3)cc(OC)c1OC. The van der Waals surface area contributed by atoms with Gasteiger partial charge in [0.05, 0.1) is 33.5 Å². The van der Waals surface area contributed by atoms with Gasteiger partial charge in [-0.05, 0) is 42.0 Å². The number of ketones is 1. The van der Waals surface area contributed by atoms with Gasteiger partial charge in [0, 0.05) is 35.7 Å². The minimum Gasteiger partial charge on any atom is -0.493 e. The predicted octanol–water partition coefficient (Wildman–Crippen LogP) is 5.10. The summed E-state index contributed by atoms with van der Waals surface area (Å²) in [6.07, 6.45) is 1.69. The molecule has 7 heteroatoms. The summed E-state index contributed by atoms with van der Waals surface area (Å²) in [4.78, 5) is 27.2. The van der Waals surface area contributed by atoms with Crippen molar-refractivity contribution in [2.24, 2.45) is 5.41 Å². The minimum absolute atomic E-state index is 0.0135. The van der Waals surface area contributed by atoms with Crippen molar-refractivity contribution in [2.75, 3.05) is 27.9 Å². The molecule has 0 saturated heterocycles. The first-order valence-corrected chi connectivity index (χ1v) is 12.4. The van der Waals surface area contributed by atoms with Gasteiger partial charge in [0.25, 0.3) is 0 Å². The fourth-order valence-electron chi connectivity index (χ4n) is 5.29. The third-order valence-corrected chi connectivity index (χ3v) is 6.95. The van der Waals surface area contributed by atoms with Gasteiger partial charge in [-0.3, -0.25) is 4.79 Å². The van der Waals surface area contributed by atoms with E-state index in [1.54, 1.807) is 26.4 Å². The number of methoxy groups -OCH3 is 3. The fourth-order valence-corrected chi connectivity index (χ4v) is 5.29. The zero-order valence-corrected chi connectivity index (χ0v) is 22.4. The molecule has 1 aliphatic heterocycles. The highest BCUT2D eigenvalue weighted by atomic mass is 16.5. The molecule has 0 bridgehead atoms. The Labute approximate surface area is 218 Å². The number of dihydropyridines is 1. The molecule has 0 aromatic heterocycles. The summed E-state index contributed by atoms with van der Waals surface area (Å²) >= 11 is 0. The van der Waals surface area contributed by atoms with Crippen LogP contribution in [0.3, 0.4) is 0 Å². The maximum absolute atomic E-state index is 13.6. The Kier molecular flexibility index (Phi) is 7.62. The van der Waals surface area contributed by atoms with Crippen LogP contribution in [0.5, 0.6) is 17.2 Å². The number of carbonyl (C=O) groups excluding carboxylic acids is 2. The molecule has 0 saturated carbocycles. The van der Waals surface area contributed by atoms with E-state index in [0.29, 0.717) is 58.9 Å². The highest BCUT2D eigenvalue weighted by Gasteiger charge is 2.43. The second-order valence-corrected chi connectivity index (χ2v) is 10.3. The highest BCUT2D eigenvalue weighted by Crippen LogP contribution is 2.49. The molecular weight excluding hydrogens is 470 g/mol. The molecule has 4 rings (SSSR count). The summed E-state index contributed by atoms with van der Waals surface area (Å²) in [7, 11) is 4.63. The van der Waals surface area contributed by atoms with Crippen molar-refractivity contribution in [1.29, 1.82) is 0 Å². The summed E-state index contributed by atoms with van der Waals surface area (Å²) in [5.41, 5.74) is 4.12. The molecule has 0 amide bonds. The van der Waals surface area contributed by atoms with E-state index in [1.165, 1.54) is 7.11 Å². The van der Waals surface area contributed by atoms with Crippen LogP contribution < -0.4 is 19.5 Å². The van der Waals surface area contributed by atoms with E-state index in [1.807, 2.05) is 37.3 Å². The summed E-state index contributed by atoms with van der Waals surface area (Å²) in [6, 6.07) is 13.5. The van der Waals surface area contributed by atoms with Gasteiger partial charge in [-0.25, -0.2) is 4.79 Å². The maximum atomic E-state index is 13.6. The van der Waals surface area contributed by atoms with Crippen LogP contribution in [0.4, 0.5) is 0 Å². The van der Waals surface area contributed by atoms with E-state index in [9.17, 15) is 9.59 Å². The maximum Gasteiger partial charge on any atom is 0.336 e. The molecule has 1 aliphatic carbocycles. The van der Waals surface area contributed by atoms with Crippen LogP contribution in [0.15, 0.2) is 65.0 Å². The van der Waals surface area contributed by atoms with Crippen LogP contribution in [-0.4, -0.2) is 39.7 Å². The van der Waals surface area contributed by atoms with Gasteiger partial charge in [0.15, 0.2) is 17.3 Å². The largest absolute Gasteiger partial charge is 0.493 e. The normalized spacial score (nSPS) is 18.6. The van der Waals surface area contributed by atoms with Crippen molar-refractivity contribution in [3.63, 3.8) is 0 Å². The van der Waals surface area contributed by atoms with Crippen LogP contribution in [0, 0.1) is 5.41 Å². The van der Waals surface area contributed by atoms with Gasteiger partial charge in [-0.15, -0.1) is 0 Å². The summed E-state index contributed by atoms with van der Waals surface area (Å²) in [5.74, 6) is 0.285. The van der Waals surface area contributed by atoms with Crippen LogP contribution in [-0.2, 0) is 20.7 Å². The quantitative estimate of drug-likeness (QED) is 0.500. The number of hydrogen-bond acceptors (Lipinski definition) is 7. The molecule has 2 aromatic carbocycles. The number of hydrogen-bond donors (Lipinski definition) is 1. The Bertz CT molecular complexity index is 1230. The number of Topliss-reactive ketones (excluding diaryl/α,β-unsaturated/α-hetero) is 1. The zero-order valence-electron chi connectivity index (χ0n) is 22.4. The number of nitrogens with one attached hydrogen (secondary N) is 1. The van der Waals surface area contributed by atoms with E-state index >= 15 is 0 Å². The number of rotatable bonds is 8. The van der Waals surface area contributed by atoms with E-state index in [4.69, 9.17) is 18.9 Å². The van der Waals surface area contributed by atoms with Gasteiger partial charge in [-0.2, -0.15) is 0 Å². The number of carbonyl (C=O) groups is 2. The van der Waals surface area contributed by atoms with Crippen molar-refractivity contribution in [2.45, 2.75) is 46.0 Å². The lowest BCUT2D eigenvalue weighted by molar-refractivity contribution is -0.139. The standard InChI is InChI=1S/C30H35NO6/c1-18-25(29(33)37-13-12-19-10-8-7-9-11-19)26(27-21(31-18)16-30(2,3)17-22(27)32)20-14-23(34-4)28(36-6)24(15-20)35-5/h7-11,14-15,26,31H,12-13,16-17H2,1-6H3/t26-/m1/s1. The lowest BCUT2D eigenvalue weighted by Crippen LogP contribution is -2.38. The highest BCUT2D eigenvalue weighted by molar-refractivity contribution is 6.04. The first-order valence-electron chi connectivity index (χ1n) is 12.4. The lowest BCUT2D eigenvalue weighted by atomic mass is 9.68. The van der Waals surface area contributed by atoms with Crippen molar-refractivity contribution >= 4 is 11.8 Å². The average Bonchev–Trinajstić information content (AvgIpc) is 2.86. The number of benzene rings is 2. The molecular formula is C30H35NO6. The molecule has 0 radical (unpaired) electrons. The lowest BCUT2D eigenvalue weighted by Gasteiger charge is -2.39. The Hall–Kier alpha value is -3.74. The van der Waals surface area contributed by atoms with Gasteiger partial charge in [0.2, 0.25) is 5.75 Å². The van der Waals surface area contributed by atoms with E-state index in [0.717, 1.165) is 11.3 Å². The molecule has 0 unspecified atom stereocenters. The molecule has 1 atom stereocenters. The fraction of sp³-hybridized carbons (Fsp3) is 0.400. The van der Waals surface area contributed by atoms with Crippen LogP contribution in [0.2, 0.25) is 0 Å². The Balaban J connectivity index is 1.77. The molecule has 1 N–H and O–H groups in total. The monoisotopic (exact) mass is 505 g/mol. The summed E-state index contributed by atoms with van der Waals surface area (Å²) in [6.45, 7) is 6.25. The molecule has 37 heavy (non-hydrogen) atoms. The van der Waals surface area contributed by atoms with Gasteiger partial charge < -0.3 is 24.3 Å². The van der Waals surface area contributed by atoms with E-state index in [-0.39, 0.29) is 17.8 Å². The molecule has 0 fully saturated rings. The van der Waals surface area contributed by atoms with Crippen molar-refractivity contribution in [1.82, 2.24) is 5.32 Å². The zero-order chi connectivity index (χ0) is 26.7. The minimum atomic E-state index is -0.627. The van der Waals surface area contributed by atoms with Gasteiger partial charge in [0.1, 0.15) is 0 Å². The van der Waals surface area contributed by atoms with Crippen LogP contribution in [0.1, 0.15) is 50.7 Å². The van der Waals surface area contributed by atoms with Crippen LogP contribution in [0.25, 0.3) is 0 Å². The molecule has 2 aliphatic rings. The summed E-state index contributed by atoms with van der Waals surface area (Å²) < 4.78 is 22.4. The third-order valence-electron chi connectivity index (χ3n) is 6.95. The van der Waals surface area contributed by atoms with Gasteiger partial charge in [-0.1, -0.05) is 44.2 Å². The first-order chi connectivity index (χ1) is 17.7. The van der Waals surface area contributed by atoms with Crippen molar-refractivity contribution < 1.29 is 28.5 Å². The third kappa shape index (κ3) is 5.36. The van der Waals surface area contributed by atoms with E-state index < -0.39 is 11.9 Å². The molecule has 1 heterocycles. The second kappa shape index (κ2) is 10.7. The number of allylic oxidation sites excluding steroid dienone is 3. The Morgan fingerprint density at radius 1 is 1.00 bits per heavy atom. The molecule has 196 valence electrons. The average molecular weight is 506 g/mol. The van der Waals surface area contributed by atoms with Crippen molar-refractivity contribution in [3.05, 3.63) is 76.1 Å². The summed E-state index contributed by atoms with van der Waals surface area (Å²) in [5, 5.41) is 3.37. The Morgan fingerprint density at radius 3 is 2.24 bits per heavy atom. The molecule has 0 spiro atoms.